The number of piperazine rings is 1. The molecular weight excluding hydrogens is 338 g/mol. The summed E-state index contributed by atoms with van der Waals surface area (Å²) >= 11 is 6.21. The van der Waals surface area contributed by atoms with Gasteiger partial charge in [-0.2, -0.15) is 0 Å². The molecule has 138 valence electrons. The molecule has 0 bridgehead atoms. The number of benzene rings is 1. The molecule has 0 radical (unpaired) electrons. The van der Waals surface area contributed by atoms with Gasteiger partial charge in [-0.25, -0.2) is 4.79 Å². The molecule has 2 amide bonds. The summed E-state index contributed by atoms with van der Waals surface area (Å²) < 4.78 is 5.34. The van der Waals surface area contributed by atoms with Gasteiger partial charge in [0, 0.05) is 50.5 Å². The van der Waals surface area contributed by atoms with Crippen LogP contribution in [0.2, 0.25) is 5.02 Å². The van der Waals surface area contributed by atoms with Gasteiger partial charge in [0.2, 0.25) is 0 Å². The number of urea groups is 1. The Labute approximate surface area is 155 Å². The minimum absolute atomic E-state index is 0.0858. The third kappa shape index (κ3) is 5.59. The Kier molecular flexibility index (Phi) is 6.96. The largest absolute Gasteiger partial charge is 0.381 e. The Morgan fingerprint density at radius 2 is 1.88 bits per heavy atom. The molecular formula is C19H28ClN3O2. The normalized spacial score (nSPS) is 19.8. The molecule has 0 atom stereocenters. The third-order valence-corrected chi connectivity index (χ3v) is 5.46. The average molecular weight is 366 g/mol. The lowest BCUT2D eigenvalue weighted by Gasteiger charge is -2.36. The Morgan fingerprint density at radius 3 is 2.60 bits per heavy atom. The first kappa shape index (κ1) is 18.5. The fourth-order valence-corrected chi connectivity index (χ4v) is 3.71. The molecule has 2 fully saturated rings. The van der Waals surface area contributed by atoms with Crippen molar-refractivity contribution in [3.05, 3.63) is 34.9 Å². The van der Waals surface area contributed by atoms with Gasteiger partial charge < -0.3 is 15.0 Å². The van der Waals surface area contributed by atoms with Crippen LogP contribution in [0.4, 0.5) is 4.79 Å². The number of carbonyl (C=O) groups is 1. The first-order chi connectivity index (χ1) is 12.2. The molecule has 1 aromatic carbocycles. The summed E-state index contributed by atoms with van der Waals surface area (Å²) in [5, 5.41) is 4.01. The highest BCUT2D eigenvalue weighted by Crippen LogP contribution is 2.17. The lowest BCUT2D eigenvalue weighted by Crippen LogP contribution is -2.54. The van der Waals surface area contributed by atoms with Crippen molar-refractivity contribution in [1.82, 2.24) is 15.1 Å². The zero-order chi connectivity index (χ0) is 17.5. The molecule has 0 unspecified atom stereocenters. The summed E-state index contributed by atoms with van der Waals surface area (Å²) in [7, 11) is 0. The Morgan fingerprint density at radius 1 is 1.16 bits per heavy atom. The van der Waals surface area contributed by atoms with Crippen LogP contribution in [0, 0.1) is 0 Å². The molecule has 2 aliphatic rings. The van der Waals surface area contributed by atoms with E-state index in [9.17, 15) is 4.79 Å². The second-order valence-corrected chi connectivity index (χ2v) is 7.27. The fourth-order valence-electron chi connectivity index (χ4n) is 3.48. The molecule has 1 N–H and O–H groups in total. The Bertz CT molecular complexity index is 555. The van der Waals surface area contributed by atoms with E-state index in [1.807, 2.05) is 23.1 Å². The van der Waals surface area contributed by atoms with Crippen molar-refractivity contribution in [2.45, 2.75) is 31.7 Å². The Balaban J connectivity index is 1.34. The number of carbonyl (C=O) groups excluding carboxylic acids is 1. The van der Waals surface area contributed by atoms with Gasteiger partial charge in [-0.1, -0.05) is 29.8 Å². The number of aryl methyl sites for hydroxylation is 1. The van der Waals surface area contributed by atoms with Crippen molar-refractivity contribution >= 4 is 17.6 Å². The van der Waals surface area contributed by atoms with Gasteiger partial charge in [-0.3, -0.25) is 4.90 Å². The highest BCUT2D eigenvalue weighted by atomic mass is 35.5. The van der Waals surface area contributed by atoms with Gasteiger partial charge in [0.05, 0.1) is 0 Å². The minimum Gasteiger partial charge on any atom is -0.381 e. The van der Waals surface area contributed by atoms with E-state index in [1.54, 1.807) is 0 Å². The van der Waals surface area contributed by atoms with E-state index in [1.165, 1.54) is 5.56 Å². The lowest BCUT2D eigenvalue weighted by molar-refractivity contribution is 0.0760. The molecule has 25 heavy (non-hydrogen) atoms. The zero-order valence-electron chi connectivity index (χ0n) is 14.8. The van der Waals surface area contributed by atoms with Crippen LogP contribution in [0.15, 0.2) is 24.3 Å². The van der Waals surface area contributed by atoms with Crippen molar-refractivity contribution in [3.8, 4) is 0 Å². The zero-order valence-corrected chi connectivity index (χ0v) is 15.5. The molecule has 1 aromatic rings. The second kappa shape index (κ2) is 9.41. The summed E-state index contributed by atoms with van der Waals surface area (Å²) in [6.07, 6.45) is 3.95. The molecule has 0 spiro atoms. The van der Waals surface area contributed by atoms with Crippen molar-refractivity contribution < 1.29 is 9.53 Å². The predicted octanol–water partition coefficient (Wildman–Crippen LogP) is 2.78. The van der Waals surface area contributed by atoms with Crippen LogP contribution in [-0.4, -0.2) is 67.8 Å². The maximum Gasteiger partial charge on any atom is 0.317 e. The van der Waals surface area contributed by atoms with E-state index < -0.39 is 0 Å². The number of nitrogens with zero attached hydrogens (tertiary/aromatic N) is 2. The summed E-state index contributed by atoms with van der Waals surface area (Å²) in [5.74, 6) is 0. The molecule has 0 aromatic heterocycles. The average Bonchev–Trinajstić information content (AvgIpc) is 2.65. The van der Waals surface area contributed by atoms with Crippen LogP contribution in [0.25, 0.3) is 0 Å². The molecule has 2 saturated heterocycles. The van der Waals surface area contributed by atoms with Gasteiger partial charge >= 0.3 is 6.03 Å². The summed E-state index contributed by atoms with van der Waals surface area (Å²) in [6, 6.07) is 8.42. The molecule has 0 saturated carbocycles. The molecule has 2 heterocycles. The highest BCUT2D eigenvalue weighted by Gasteiger charge is 2.23. The SMILES string of the molecule is O=C(NC1CCOCC1)N1CCN(CCCc2ccccc2Cl)CC1. The lowest BCUT2D eigenvalue weighted by atomic mass is 10.1. The first-order valence-corrected chi connectivity index (χ1v) is 9.69. The van der Waals surface area contributed by atoms with Crippen LogP contribution in [0.1, 0.15) is 24.8 Å². The van der Waals surface area contributed by atoms with Crippen LogP contribution in [0.3, 0.4) is 0 Å². The van der Waals surface area contributed by atoms with Gasteiger partial charge in [-0.05, 0) is 43.9 Å². The second-order valence-electron chi connectivity index (χ2n) is 6.86. The summed E-state index contributed by atoms with van der Waals surface area (Å²) in [5.41, 5.74) is 1.22. The van der Waals surface area contributed by atoms with E-state index in [0.717, 1.165) is 76.6 Å². The van der Waals surface area contributed by atoms with Crippen LogP contribution in [-0.2, 0) is 11.2 Å². The summed E-state index contributed by atoms with van der Waals surface area (Å²) in [6.45, 7) is 6.07. The topological polar surface area (TPSA) is 44.8 Å². The quantitative estimate of drug-likeness (QED) is 0.872. The Hall–Kier alpha value is -1.30. The summed E-state index contributed by atoms with van der Waals surface area (Å²) in [4.78, 5) is 16.7. The number of amides is 2. The van der Waals surface area contributed by atoms with Crippen LogP contribution < -0.4 is 5.32 Å². The van der Waals surface area contributed by atoms with E-state index in [0.29, 0.717) is 0 Å². The number of rotatable bonds is 5. The number of nitrogens with one attached hydrogen (secondary N) is 1. The number of hydrogen-bond acceptors (Lipinski definition) is 3. The van der Waals surface area contributed by atoms with E-state index in [4.69, 9.17) is 16.3 Å². The molecule has 6 heteroatoms. The van der Waals surface area contributed by atoms with Crippen molar-refractivity contribution in [3.63, 3.8) is 0 Å². The molecule has 3 rings (SSSR count). The van der Waals surface area contributed by atoms with Crippen LogP contribution >= 0.6 is 11.6 Å². The molecule has 2 aliphatic heterocycles. The van der Waals surface area contributed by atoms with Crippen molar-refractivity contribution in [1.29, 1.82) is 0 Å². The monoisotopic (exact) mass is 365 g/mol. The van der Waals surface area contributed by atoms with Gasteiger partial charge in [-0.15, -0.1) is 0 Å². The maximum absolute atomic E-state index is 12.4. The predicted molar refractivity (Wildman–Crippen MR) is 100 cm³/mol. The number of hydrogen-bond donors (Lipinski definition) is 1. The third-order valence-electron chi connectivity index (χ3n) is 5.09. The molecule has 0 aliphatic carbocycles. The first-order valence-electron chi connectivity index (χ1n) is 9.31. The fraction of sp³-hybridized carbons (Fsp3) is 0.632. The standard InChI is InChI=1S/C19H28ClN3O2/c20-18-6-2-1-4-16(18)5-3-9-22-10-12-23(13-11-22)19(24)21-17-7-14-25-15-8-17/h1-2,4,6,17H,3,5,7-15H2,(H,21,24). The van der Waals surface area contributed by atoms with Gasteiger partial charge in [0.15, 0.2) is 0 Å². The number of ether oxygens (including phenoxy) is 1. The number of halogens is 1. The van der Waals surface area contributed by atoms with Crippen LogP contribution in [0.5, 0.6) is 0 Å². The van der Waals surface area contributed by atoms with E-state index >= 15 is 0 Å². The minimum atomic E-state index is 0.0858. The van der Waals surface area contributed by atoms with Crippen molar-refractivity contribution in [2.75, 3.05) is 45.9 Å². The smallest absolute Gasteiger partial charge is 0.317 e. The maximum atomic E-state index is 12.4. The van der Waals surface area contributed by atoms with E-state index in [-0.39, 0.29) is 12.1 Å². The highest BCUT2D eigenvalue weighted by molar-refractivity contribution is 6.31. The molecule has 5 nitrogen and oxygen atoms in total. The van der Waals surface area contributed by atoms with Gasteiger partial charge in [0.1, 0.15) is 0 Å². The van der Waals surface area contributed by atoms with Gasteiger partial charge in [0.25, 0.3) is 0 Å². The van der Waals surface area contributed by atoms with Crippen molar-refractivity contribution in [2.24, 2.45) is 0 Å². The van der Waals surface area contributed by atoms with E-state index in [2.05, 4.69) is 16.3 Å².